The highest BCUT2D eigenvalue weighted by molar-refractivity contribution is 7.26. The van der Waals surface area contributed by atoms with Gasteiger partial charge in [0.05, 0.1) is 0 Å². The van der Waals surface area contributed by atoms with E-state index in [9.17, 15) is 0 Å². The molecule has 0 bridgehead atoms. The van der Waals surface area contributed by atoms with Crippen LogP contribution in [0, 0.1) is 0 Å². The average Bonchev–Trinajstić information content (AvgIpc) is 3.64. The van der Waals surface area contributed by atoms with Crippen molar-refractivity contribution in [2.75, 3.05) is 4.90 Å². The third-order valence-corrected chi connectivity index (χ3v) is 11.6. The minimum absolute atomic E-state index is 1.11. The van der Waals surface area contributed by atoms with E-state index in [2.05, 4.69) is 217 Å². The molecule has 1 heterocycles. The van der Waals surface area contributed by atoms with Gasteiger partial charge in [0.2, 0.25) is 0 Å². The number of thiophene rings is 1. The molecule has 254 valence electrons. The molecule has 0 radical (unpaired) electrons. The van der Waals surface area contributed by atoms with Gasteiger partial charge in [-0.1, -0.05) is 164 Å². The first kappa shape index (κ1) is 32.0. The molecule has 0 aliphatic rings. The SMILES string of the molecule is c1ccc(-c2ccc(-c3ccc(N(c4cccc(-c5ccc(-c6ccccc6)cc5)c4)c4ccc5c(ccc6sc7ccccc7c65)c4)cc3)cc2)cc1. The maximum atomic E-state index is 2.39. The molecule has 1 nitrogen and oxygen atoms in total. The number of fused-ring (bicyclic) bond motifs is 5. The number of nitrogens with zero attached hydrogens (tertiary/aromatic N) is 1. The topological polar surface area (TPSA) is 3.24 Å². The Morgan fingerprint density at radius 3 is 1.39 bits per heavy atom. The van der Waals surface area contributed by atoms with Gasteiger partial charge in [0.1, 0.15) is 0 Å². The van der Waals surface area contributed by atoms with Gasteiger partial charge >= 0.3 is 0 Å². The number of rotatable bonds is 7. The van der Waals surface area contributed by atoms with Gasteiger partial charge in [-0.15, -0.1) is 11.3 Å². The van der Waals surface area contributed by atoms with Crippen molar-refractivity contribution in [3.63, 3.8) is 0 Å². The van der Waals surface area contributed by atoms with E-state index in [-0.39, 0.29) is 0 Å². The van der Waals surface area contributed by atoms with Crippen LogP contribution in [-0.2, 0) is 0 Å². The Bertz CT molecular complexity index is 2890. The summed E-state index contributed by atoms with van der Waals surface area (Å²) in [6, 6.07) is 77.1. The monoisotopic (exact) mass is 705 g/mol. The van der Waals surface area contributed by atoms with Gasteiger partial charge in [-0.2, -0.15) is 0 Å². The van der Waals surface area contributed by atoms with Gasteiger partial charge in [0, 0.05) is 37.2 Å². The average molecular weight is 706 g/mol. The zero-order valence-corrected chi connectivity index (χ0v) is 30.4. The fourth-order valence-corrected chi connectivity index (χ4v) is 8.85. The molecule has 0 saturated carbocycles. The molecule has 0 saturated heterocycles. The molecule has 0 aliphatic carbocycles. The van der Waals surface area contributed by atoms with Crippen molar-refractivity contribution in [2.45, 2.75) is 0 Å². The largest absolute Gasteiger partial charge is 0.310 e. The molecule has 0 spiro atoms. The Labute approximate surface area is 319 Å². The second-order valence-corrected chi connectivity index (χ2v) is 14.8. The lowest BCUT2D eigenvalue weighted by Crippen LogP contribution is -2.10. The maximum absolute atomic E-state index is 2.39. The van der Waals surface area contributed by atoms with Crippen molar-refractivity contribution in [2.24, 2.45) is 0 Å². The molecule has 54 heavy (non-hydrogen) atoms. The van der Waals surface area contributed by atoms with E-state index >= 15 is 0 Å². The van der Waals surface area contributed by atoms with E-state index in [1.807, 2.05) is 11.3 Å². The molecule has 10 rings (SSSR count). The fraction of sp³-hybridized carbons (Fsp3) is 0. The predicted octanol–water partition coefficient (Wildman–Crippen LogP) is 15.3. The lowest BCUT2D eigenvalue weighted by atomic mass is 9.99. The molecule has 9 aromatic carbocycles. The number of hydrogen-bond acceptors (Lipinski definition) is 2. The number of benzene rings is 9. The van der Waals surface area contributed by atoms with Crippen LogP contribution in [0.4, 0.5) is 17.1 Å². The van der Waals surface area contributed by atoms with Gasteiger partial charge in [-0.05, 0) is 104 Å². The Kier molecular flexibility index (Phi) is 8.09. The third-order valence-electron chi connectivity index (χ3n) is 10.5. The molecular weight excluding hydrogens is 671 g/mol. The first-order valence-corrected chi connectivity index (χ1v) is 19.2. The van der Waals surface area contributed by atoms with E-state index in [4.69, 9.17) is 0 Å². The summed E-state index contributed by atoms with van der Waals surface area (Å²) in [6.07, 6.45) is 0. The second kappa shape index (κ2) is 13.7. The summed E-state index contributed by atoms with van der Waals surface area (Å²) in [4.78, 5) is 2.39. The quantitative estimate of drug-likeness (QED) is 0.160. The summed E-state index contributed by atoms with van der Waals surface area (Å²) in [7, 11) is 0. The highest BCUT2D eigenvalue weighted by Crippen LogP contribution is 2.42. The molecule has 2 heteroatoms. The maximum Gasteiger partial charge on any atom is 0.0468 e. The Hall–Kier alpha value is -6.74. The van der Waals surface area contributed by atoms with Crippen LogP contribution in [0.1, 0.15) is 0 Å². The van der Waals surface area contributed by atoms with Crippen LogP contribution in [-0.4, -0.2) is 0 Å². The number of hydrogen-bond donors (Lipinski definition) is 0. The zero-order chi connectivity index (χ0) is 35.8. The van der Waals surface area contributed by atoms with Crippen LogP contribution in [0.5, 0.6) is 0 Å². The highest BCUT2D eigenvalue weighted by Gasteiger charge is 2.16. The van der Waals surface area contributed by atoms with Crippen molar-refractivity contribution in [1.82, 2.24) is 0 Å². The first-order valence-electron chi connectivity index (χ1n) is 18.4. The van der Waals surface area contributed by atoms with Gasteiger partial charge in [0.25, 0.3) is 0 Å². The van der Waals surface area contributed by atoms with Crippen LogP contribution < -0.4 is 4.90 Å². The minimum atomic E-state index is 1.11. The molecular formula is C52H35NS. The molecule has 0 atom stereocenters. The molecule has 0 N–H and O–H groups in total. The normalized spacial score (nSPS) is 11.3. The zero-order valence-electron chi connectivity index (χ0n) is 29.6. The van der Waals surface area contributed by atoms with Crippen molar-refractivity contribution in [3.05, 3.63) is 212 Å². The molecule has 0 fully saturated rings. The Morgan fingerprint density at radius 1 is 0.278 bits per heavy atom. The molecule has 10 aromatic rings. The highest BCUT2D eigenvalue weighted by atomic mass is 32.1. The summed E-state index contributed by atoms with van der Waals surface area (Å²) in [5, 5.41) is 5.19. The molecule has 0 amide bonds. The first-order chi connectivity index (χ1) is 26.7. The fourth-order valence-electron chi connectivity index (χ4n) is 7.73. The Morgan fingerprint density at radius 2 is 0.759 bits per heavy atom. The van der Waals surface area contributed by atoms with Crippen molar-refractivity contribution in [1.29, 1.82) is 0 Å². The molecule has 0 aliphatic heterocycles. The van der Waals surface area contributed by atoms with Gasteiger partial charge in [-0.3, -0.25) is 0 Å². The smallest absolute Gasteiger partial charge is 0.0468 e. The summed E-state index contributed by atoms with van der Waals surface area (Å²) in [6.45, 7) is 0. The van der Waals surface area contributed by atoms with Crippen LogP contribution in [0.3, 0.4) is 0 Å². The van der Waals surface area contributed by atoms with E-state index in [0.717, 1.165) is 17.1 Å². The van der Waals surface area contributed by atoms with E-state index in [1.54, 1.807) is 0 Å². The van der Waals surface area contributed by atoms with Crippen LogP contribution in [0.15, 0.2) is 212 Å². The van der Waals surface area contributed by atoms with Crippen LogP contribution in [0.25, 0.3) is 75.5 Å². The van der Waals surface area contributed by atoms with E-state index in [0.29, 0.717) is 0 Å². The van der Waals surface area contributed by atoms with E-state index < -0.39 is 0 Å². The van der Waals surface area contributed by atoms with E-state index in [1.165, 1.54) is 75.5 Å². The second-order valence-electron chi connectivity index (χ2n) is 13.8. The van der Waals surface area contributed by atoms with Crippen LogP contribution in [0.2, 0.25) is 0 Å². The summed E-state index contributed by atoms with van der Waals surface area (Å²) < 4.78 is 2.65. The molecule has 0 unspecified atom stereocenters. The standard InChI is InChI=1S/C52H35NS/c1-3-10-36(11-4-1)38-18-20-40(21-19-38)41-26-29-45(30-27-41)53(46-15-9-14-43(34-46)42-24-22-39(23-25-42)37-12-5-2-6-13-37)47-31-32-48-44(35-47)28-33-51-52(48)49-16-7-8-17-50(49)54-51/h1-35H. The summed E-state index contributed by atoms with van der Waals surface area (Å²) in [5.41, 5.74) is 13.0. The van der Waals surface area contributed by atoms with Crippen molar-refractivity contribution in [3.8, 4) is 44.5 Å². The number of anilines is 3. The van der Waals surface area contributed by atoms with Crippen molar-refractivity contribution < 1.29 is 0 Å². The van der Waals surface area contributed by atoms with Gasteiger partial charge in [0.15, 0.2) is 0 Å². The minimum Gasteiger partial charge on any atom is -0.310 e. The van der Waals surface area contributed by atoms with Gasteiger partial charge in [-0.25, -0.2) is 0 Å². The Balaban J connectivity index is 1.05. The third kappa shape index (κ3) is 5.93. The summed E-state index contributed by atoms with van der Waals surface area (Å²) >= 11 is 1.87. The predicted molar refractivity (Wildman–Crippen MR) is 233 cm³/mol. The lowest BCUT2D eigenvalue weighted by Gasteiger charge is -2.26. The van der Waals surface area contributed by atoms with Crippen LogP contribution >= 0.6 is 11.3 Å². The van der Waals surface area contributed by atoms with Crippen molar-refractivity contribution >= 4 is 59.3 Å². The lowest BCUT2D eigenvalue weighted by molar-refractivity contribution is 1.29. The van der Waals surface area contributed by atoms with Gasteiger partial charge < -0.3 is 4.90 Å². The molecule has 1 aromatic heterocycles. The summed E-state index contributed by atoms with van der Waals surface area (Å²) in [5.74, 6) is 0.